The highest BCUT2D eigenvalue weighted by Gasteiger charge is 2.13. The maximum atomic E-state index is 13.8. The van der Waals surface area contributed by atoms with E-state index in [4.69, 9.17) is 4.74 Å². The Balaban J connectivity index is 2.57. The second-order valence-electron chi connectivity index (χ2n) is 4.38. The molecule has 0 fully saturated rings. The summed E-state index contributed by atoms with van der Waals surface area (Å²) in [6, 6.07) is 4.33. The lowest BCUT2D eigenvalue weighted by Crippen LogP contribution is -2.32. The van der Waals surface area contributed by atoms with Crippen LogP contribution in [0.2, 0.25) is 0 Å². The summed E-state index contributed by atoms with van der Waals surface area (Å²) in [5.41, 5.74) is 0.478. The number of hydrogen-bond acceptors (Lipinski definition) is 4. The number of methoxy groups -OCH3 is 1. The number of ether oxygens (including phenoxy) is 1. The Bertz CT molecular complexity index is 534. The Morgan fingerprint density at radius 1 is 1.40 bits per heavy atom. The molecule has 1 unspecified atom stereocenters. The second-order valence-corrected chi connectivity index (χ2v) is 6.31. The summed E-state index contributed by atoms with van der Waals surface area (Å²) in [6.45, 7) is 4.12. The minimum atomic E-state index is -3.26. The van der Waals surface area contributed by atoms with Gasteiger partial charge in [-0.1, -0.05) is 13.0 Å². The van der Waals surface area contributed by atoms with Crippen molar-refractivity contribution in [3.05, 3.63) is 29.6 Å². The third-order valence-corrected chi connectivity index (χ3v) is 4.33. The largest absolute Gasteiger partial charge is 0.497 e. The normalized spacial score (nSPS) is 13.2. The Morgan fingerprint density at radius 2 is 2.10 bits per heavy atom. The first-order valence-electron chi connectivity index (χ1n) is 6.43. The summed E-state index contributed by atoms with van der Waals surface area (Å²) >= 11 is 0. The van der Waals surface area contributed by atoms with E-state index in [0.717, 1.165) is 0 Å². The predicted octanol–water partition coefficient (Wildman–Crippen LogP) is 1.42. The van der Waals surface area contributed by atoms with Crippen molar-refractivity contribution >= 4 is 10.0 Å². The molecule has 7 heteroatoms. The molecule has 0 saturated heterocycles. The van der Waals surface area contributed by atoms with Gasteiger partial charge in [-0.25, -0.2) is 17.5 Å². The molecule has 1 aromatic carbocycles. The van der Waals surface area contributed by atoms with Gasteiger partial charge in [0.15, 0.2) is 0 Å². The van der Waals surface area contributed by atoms with Crippen LogP contribution in [0.4, 0.5) is 4.39 Å². The Kier molecular flexibility index (Phi) is 6.38. The van der Waals surface area contributed by atoms with Gasteiger partial charge in [0, 0.05) is 30.8 Å². The molecular weight excluding hydrogens is 283 g/mol. The fraction of sp³-hybridized carbons (Fsp3) is 0.538. The number of rotatable bonds is 8. The fourth-order valence-corrected chi connectivity index (χ4v) is 2.77. The standard InChI is InChI=1S/C13H21FN2O3S/c1-4-16-20(17,18)8-7-15-10(2)12-6-5-11(19-3)9-13(12)14/h5-6,9-10,15-16H,4,7-8H2,1-3H3. The molecule has 114 valence electrons. The summed E-state index contributed by atoms with van der Waals surface area (Å²) in [7, 11) is -1.78. The van der Waals surface area contributed by atoms with Gasteiger partial charge in [0.05, 0.1) is 12.9 Å². The summed E-state index contributed by atoms with van der Waals surface area (Å²) in [6.07, 6.45) is 0. The molecule has 1 aromatic rings. The lowest BCUT2D eigenvalue weighted by Gasteiger charge is -2.15. The van der Waals surface area contributed by atoms with Gasteiger partial charge >= 0.3 is 0 Å². The zero-order valence-corrected chi connectivity index (χ0v) is 12.8. The number of sulfonamides is 1. The van der Waals surface area contributed by atoms with E-state index in [9.17, 15) is 12.8 Å². The molecule has 5 nitrogen and oxygen atoms in total. The van der Waals surface area contributed by atoms with Crippen LogP contribution in [-0.4, -0.2) is 34.4 Å². The van der Waals surface area contributed by atoms with Crippen molar-refractivity contribution in [3.63, 3.8) is 0 Å². The minimum Gasteiger partial charge on any atom is -0.497 e. The highest BCUT2D eigenvalue weighted by molar-refractivity contribution is 7.89. The van der Waals surface area contributed by atoms with E-state index in [0.29, 0.717) is 17.9 Å². The van der Waals surface area contributed by atoms with Gasteiger partial charge in [0.1, 0.15) is 11.6 Å². The Hall–Kier alpha value is -1.18. The van der Waals surface area contributed by atoms with E-state index in [1.54, 1.807) is 26.0 Å². The van der Waals surface area contributed by atoms with Crippen molar-refractivity contribution in [3.8, 4) is 5.75 Å². The van der Waals surface area contributed by atoms with Crippen LogP contribution in [0, 0.1) is 5.82 Å². The van der Waals surface area contributed by atoms with Crippen LogP contribution in [0.5, 0.6) is 5.75 Å². The Labute approximate surface area is 119 Å². The Morgan fingerprint density at radius 3 is 2.65 bits per heavy atom. The molecule has 0 aromatic heterocycles. The molecule has 0 amide bonds. The number of nitrogens with one attached hydrogen (secondary N) is 2. The van der Waals surface area contributed by atoms with Crippen molar-refractivity contribution < 1.29 is 17.5 Å². The molecule has 20 heavy (non-hydrogen) atoms. The smallest absolute Gasteiger partial charge is 0.212 e. The van der Waals surface area contributed by atoms with Gasteiger partial charge in [0.2, 0.25) is 10.0 Å². The van der Waals surface area contributed by atoms with Gasteiger partial charge < -0.3 is 10.1 Å². The number of halogens is 1. The average molecular weight is 304 g/mol. The number of benzene rings is 1. The molecule has 0 radical (unpaired) electrons. The van der Waals surface area contributed by atoms with Crippen LogP contribution in [0.25, 0.3) is 0 Å². The van der Waals surface area contributed by atoms with Crippen molar-refractivity contribution in [1.29, 1.82) is 0 Å². The first-order chi connectivity index (χ1) is 9.39. The summed E-state index contributed by atoms with van der Waals surface area (Å²) in [5.74, 6) is 0.0372. The van der Waals surface area contributed by atoms with Gasteiger partial charge in [-0.2, -0.15) is 0 Å². The van der Waals surface area contributed by atoms with Gasteiger partial charge in [-0.05, 0) is 13.0 Å². The van der Waals surface area contributed by atoms with E-state index in [1.165, 1.54) is 13.2 Å². The van der Waals surface area contributed by atoms with E-state index in [1.807, 2.05) is 0 Å². The molecule has 0 aliphatic carbocycles. The quantitative estimate of drug-likeness (QED) is 0.762. The van der Waals surface area contributed by atoms with Crippen molar-refractivity contribution in [1.82, 2.24) is 10.0 Å². The molecule has 0 aliphatic rings. The zero-order valence-electron chi connectivity index (χ0n) is 11.9. The molecule has 0 spiro atoms. The minimum absolute atomic E-state index is 0.0387. The third kappa shape index (κ3) is 5.07. The number of hydrogen-bond donors (Lipinski definition) is 2. The van der Waals surface area contributed by atoms with Crippen molar-refractivity contribution in [2.24, 2.45) is 0 Å². The van der Waals surface area contributed by atoms with Gasteiger partial charge in [-0.3, -0.25) is 0 Å². The van der Waals surface area contributed by atoms with Crippen LogP contribution in [-0.2, 0) is 10.0 Å². The second kappa shape index (κ2) is 7.56. The molecule has 0 saturated carbocycles. The van der Waals surface area contributed by atoms with Crippen LogP contribution in [0.3, 0.4) is 0 Å². The summed E-state index contributed by atoms with van der Waals surface area (Å²) in [4.78, 5) is 0. The molecule has 1 rings (SSSR count). The predicted molar refractivity (Wildman–Crippen MR) is 76.8 cm³/mol. The van der Waals surface area contributed by atoms with Gasteiger partial charge in [-0.15, -0.1) is 0 Å². The molecular formula is C13H21FN2O3S. The van der Waals surface area contributed by atoms with E-state index < -0.39 is 10.0 Å². The topological polar surface area (TPSA) is 67.4 Å². The highest BCUT2D eigenvalue weighted by Crippen LogP contribution is 2.21. The molecule has 1 atom stereocenters. The maximum Gasteiger partial charge on any atom is 0.212 e. The van der Waals surface area contributed by atoms with Crippen LogP contribution >= 0.6 is 0 Å². The SMILES string of the molecule is CCNS(=O)(=O)CCNC(C)c1ccc(OC)cc1F. The van der Waals surface area contributed by atoms with Gasteiger partial charge in [0.25, 0.3) is 0 Å². The zero-order chi connectivity index (χ0) is 15.2. The first kappa shape index (κ1) is 16.9. The average Bonchev–Trinajstić information content (AvgIpc) is 2.37. The maximum absolute atomic E-state index is 13.8. The first-order valence-corrected chi connectivity index (χ1v) is 8.09. The van der Waals surface area contributed by atoms with E-state index in [-0.39, 0.29) is 24.2 Å². The van der Waals surface area contributed by atoms with Crippen molar-refractivity contribution in [2.75, 3.05) is 26.0 Å². The lowest BCUT2D eigenvalue weighted by molar-refractivity contribution is 0.409. The lowest BCUT2D eigenvalue weighted by atomic mass is 10.1. The van der Waals surface area contributed by atoms with E-state index in [2.05, 4.69) is 10.0 Å². The molecule has 2 N–H and O–H groups in total. The van der Waals surface area contributed by atoms with E-state index >= 15 is 0 Å². The highest BCUT2D eigenvalue weighted by atomic mass is 32.2. The molecule has 0 heterocycles. The van der Waals surface area contributed by atoms with Crippen LogP contribution in [0.15, 0.2) is 18.2 Å². The summed E-state index contributed by atoms with van der Waals surface area (Å²) < 4.78 is 44.1. The van der Waals surface area contributed by atoms with Crippen LogP contribution < -0.4 is 14.8 Å². The monoisotopic (exact) mass is 304 g/mol. The molecule has 0 bridgehead atoms. The van der Waals surface area contributed by atoms with Crippen LogP contribution in [0.1, 0.15) is 25.5 Å². The molecule has 0 aliphatic heterocycles. The third-order valence-electron chi connectivity index (χ3n) is 2.86. The fourth-order valence-electron chi connectivity index (χ4n) is 1.80. The van der Waals surface area contributed by atoms with Crippen molar-refractivity contribution in [2.45, 2.75) is 19.9 Å². The summed E-state index contributed by atoms with van der Waals surface area (Å²) in [5, 5.41) is 2.99.